The molecule has 0 aromatic carbocycles. The van der Waals surface area contributed by atoms with E-state index in [1.807, 2.05) is 20.8 Å². The fraction of sp³-hybridized carbons (Fsp3) is 0.643. The van der Waals surface area contributed by atoms with E-state index in [9.17, 15) is 5.11 Å². The van der Waals surface area contributed by atoms with Gasteiger partial charge in [-0.1, -0.05) is 13.0 Å². The number of hydrogen-bond donors (Lipinski definition) is 1. The number of aliphatic hydroxyl groups is 1. The number of pyridine rings is 1. The number of rotatable bonds is 1. The van der Waals surface area contributed by atoms with Crippen molar-refractivity contribution in [1.29, 1.82) is 0 Å². The zero-order chi connectivity index (χ0) is 11.9. The molecule has 0 fully saturated rings. The first-order valence-corrected chi connectivity index (χ1v) is 6.09. The van der Waals surface area contributed by atoms with Crippen molar-refractivity contribution in [2.75, 3.05) is 0 Å². The zero-order valence-electron chi connectivity index (χ0n) is 10.6. The molecule has 16 heavy (non-hydrogen) atoms. The Hall–Kier alpha value is -0.890. The second-order valence-corrected chi connectivity index (χ2v) is 5.61. The van der Waals surface area contributed by atoms with E-state index in [0.29, 0.717) is 5.92 Å². The average molecular weight is 219 g/mol. The molecular formula is C14H21NO. The smallest absolute Gasteiger partial charge is 0.0675 e. The molecule has 2 heteroatoms. The van der Waals surface area contributed by atoms with Gasteiger partial charge in [-0.05, 0) is 51.2 Å². The van der Waals surface area contributed by atoms with Crippen LogP contribution in [-0.2, 0) is 0 Å². The highest BCUT2D eigenvalue weighted by atomic mass is 16.3. The number of nitrogens with zero attached hydrogens (tertiary/aromatic N) is 1. The number of aromatic nitrogens is 1. The lowest BCUT2D eigenvalue weighted by atomic mass is 9.74. The van der Waals surface area contributed by atoms with Crippen LogP contribution >= 0.6 is 0 Å². The summed E-state index contributed by atoms with van der Waals surface area (Å²) < 4.78 is 0. The minimum atomic E-state index is -0.671. The molecule has 0 amide bonds. The number of fused-ring (bicyclic) bond motifs is 1. The average Bonchev–Trinajstić information content (AvgIpc) is 2.15. The molecular weight excluding hydrogens is 198 g/mol. The predicted octanol–water partition coefficient (Wildman–Crippen LogP) is 3.14. The van der Waals surface area contributed by atoms with Crippen molar-refractivity contribution in [3.8, 4) is 0 Å². The molecule has 2 rings (SSSR count). The Bertz CT molecular complexity index is 392. The van der Waals surface area contributed by atoms with Gasteiger partial charge in [0.1, 0.15) is 0 Å². The van der Waals surface area contributed by atoms with E-state index in [-0.39, 0.29) is 5.92 Å². The van der Waals surface area contributed by atoms with Gasteiger partial charge in [-0.15, -0.1) is 0 Å². The molecule has 1 aliphatic rings. The highest BCUT2D eigenvalue weighted by Crippen LogP contribution is 2.42. The van der Waals surface area contributed by atoms with Crippen LogP contribution in [0.25, 0.3) is 0 Å². The van der Waals surface area contributed by atoms with Crippen molar-refractivity contribution >= 4 is 0 Å². The second-order valence-electron chi connectivity index (χ2n) is 5.61. The van der Waals surface area contributed by atoms with Gasteiger partial charge in [-0.3, -0.25) is 4.98 Å². The molecule has 0 bridgehead atoms. The van der Waals surface area contributed by atoms with Gasteiger partial charge in [0.25, 0.3) is 0 Å². The van der Waals surface area contributed by atoms with Crippen LogP contribution in [0, 0.1) is 6.92 Å². The largest absolute Gasteiger partial charge is 0.390 e. The van der Waals surface area contributed by atoms with Crippen molar-refractivity contribution in [3.05, 3.63) is 29.1 Å². The summed E-state index contributed by atoms with van der Waals surface area (Å²) in [7, 11) is 0. The maximum atomic E-state index is 10.2. The first-order chi connectivity index (χ1) is 7.39. The summed E-state index contributed by atoms with van der Waals surface area (Å²) in [6.45, 7) is 8.04. The van der Waals surface area contributed by atoms with Crippen LogP contribution in [0.3, 0.4) is 0 Å². The van der Waals surface area contributed by atoms with Crippen LogP contribution in [-0.4, -0.2) is 15.7 Å². The predicted molar refractivity (Wildman–Crippen MR) is 65.7 cm³/mol. The summed E-state index contributed by atoms with van der Waals surface area (Å²) in [6.07, 6.45) is 2.18. The molecule has 1 aromatic heterocycles. The van der Waals surface area contributed by atoms with Gasteiger partial charge in [0.2, 0.25) is 0 Å². The highest BCUT2D eigenvalue weighted by molar-refractivity contribution is 5.32. The molecule has 2 nitrogen and oxygen atoms in total. The highest BCUT2D eigenvalue weighted by Gasteiger charge is 2.35. The van der Waals surface area contributed by atoms with Gasteiger partial charge < -0.3 is 5.11 Å². The number of hydrogen-bond acceptors (Lipinski definition) is 2. The minimum absolute atomic E-state index is 0.179. The molecule has 1 heterocycles. The topological polar surface area (TPSA) is 33.1 Å². The molecule has 0 spiro atoms. The maximum Gasteiger partial charge on any atom is 0.0675 e. The van der Waals surface area contributed by atoms with Crippen LogP contribution in [0.2, 0.25) is 0 Å². The van der Waals surface area contributed by atoms with Gasteiger partial charge in [0.05, 0.1) is 11.3 Å². The lowest BCUT2D eigenvalue weighted by molar-refractivity contribution is 0.0407. The molecule has 1 aliphatic carbocycles. The van der Waals surface area contributed by atoms with Gasteiger partial charge >= 0.3 is 0 Å². The Morgan fingerprint density at radius 2 is 2.00 bits per heavy atom. The summed E-state index contributed by atoms with van der Waals surface area (Å²) in [5.74, 6) is 0.750. The quantitative estimate of drug-likeness (QED) is 0.787. The third-order valence-corrected chi connectivity index (χ3v) is 3.70. The van der Waals surface area contributed by atoms with E-state index in [1.54, 1.807) is 0 Å². The van der Waals surface area contributed by atoms with Crippen molar-refractivity contribution in [2.24, 2.45) is 0 Å². The number of aryl methyl sites for hydroxylation is 1. The second kappa shape index (κ2) is 3.85. The van der Waals surface area contributed by atoms with Crippen molar-refractivity contribution in [1.82, 2.24) is 4.98 Å². The van der Waals surface area contributed by atoms with Crippen molar-refractivity contribution < 1.29 is 5.11 Å². The molecule has 0 saturated carbocycles. The summed E-state index contributed by atoms with van der Waals surface area (Å²) >= 11 is 0. The Labute approximate surface area is 97.7 Å². The SMILES string of the molecule is Cc1ccc2c(n1)C(C(C)(C)O)CC[C@@H]2C. The first kappa shape index (κ1) is 11.6. The Kier molecular flexibility index (Phi) is 2.79. The molecule has 1 N–H and O–H groups in total. The van der Waals surface area contributed by atoms with Crippen LogP contribution in [0.1, 0.15) is 62.4 Å². The van der Waals surface area contributed by atoms with Crippen molar-refractivity contribution in [2.45, 2.75) is 58.0 Å². The van der Waals surface area contributed by atoms with Crippen molar-refractivity contribution in [3.63, 3.8) is 0 Å². The molecule has 0 radical (unpaired) electrons. The Morgan fingerprint density at radius 1 is 1.31 bits per heavy atom. The molecule has 88 valence electrons. The van der Waals surface area contributed by atoms with E-state index < -0.39 is 5.60 Å². The van der Waals surface area contributed by atoms with E-state index >= 15 is 0 Å². The monoisotopic (exact) mass is 219 g/mol. The van der Waals surface area contributed by atoms with Gasteiger partial charge in [0.15, 0.2) is 0 Å². The van der Waals surface area contributed by atoms with Gasteiger partial charge in [-0.25, -0.2) is 0 Å². The van der Waals surface area contributed by atoms with Crippen LogP contribution < -0.4 is 0 Å². The molecule has 1 unspecified atom stereocenters. The molecule has 0 saturated heterocycles. The summed E-state index contributed by atoms with van der Waals surface area (Å²) in [6, 6.07) is 4.25. The normalized spacial score (nSPS) is 25.3. The third-order valence-electron chi connectivity index (χ3n) is 3.70. The Balaban J connectivity index is 2.50. The molecule has 2 atom stereocenters. The minimum Gasteiger partial charge on any atom is -0.390 e. The summed E-state index contributed by atoms with van der Waals surface area (Å²) in [4.78, 5) is 4.65. The first-order valence-electron chi connectivity index (χ1n) is 6.09. The maximum absolute atomic E-state index is 10.2. The van der Waals surface area contributed by atoms with E-state index in [2.05, 4.69) is 24.0 Å². The van der Waals surface area contributed by atoms with Gasteiger partial charge in [0, 0.05) is 11.6 Å². The fourth-order valence-electron chi connectivity index (χ4n) is 2.68. The van der Waals surface area contributed by atoms with E-state index in [4.69, 9.17) is 0 Å². The lowest BCUT2D eigenvalue weighted by Gasteiger charge is -2.36. The summed E-state index contributed by atoms with van der Waals surface area (Å²) in [5, 5.41) is 10.2. The van der Waals surface area contributed by atoms with E-state index in [0.717, 1.165) is 24.2 Å². The van der Waals surface area contributed by atoms with Gasteiger partial charge in [-0.2, -0.15) is 0 Å². The third kappa shape index (κ3) is 1.99. The molecule has 1 aromatic rings. The Morgan fingerprint density at radius 3 is 2.62 bits per heavy atom. The lowest BCUT2D eigenvalue weighted by Crippen LogP contribution is -2.33. The summed E-state index contributed by atoms with van der Waals surface area (Å²) in [5.41, 5.74) is 2.81. The fourth-order valence-corrected chi connectivity index (χ4v) is 2.68. The standard InChI is InChI=1S/C14H21NO/c1-9-5-8-12(14(3,4)16)13-11(9)7-6-10(2)15-13/h6-7,9,12,16H,5,8H2,1-4H3/t9-,12?/m0/s1. The molecule has 0 aliphatic heterocycles. The zero-order valence-corrected chi connectivity index (χ0v) is 10.6. The van der Waals surface area contributed by atoms with Crippen LogP contribution in [0.5, 0.6) is 0 Å². The van der Waals surface area contributed by atoms with E-state index in [1.165, 1.54) is 5.56 Å². The van der Waals surface area contributed by atoms with Crippen LogP contribution in [0.4, 0.5) is 0 Å². The van der Waals surface area contributed by atoms with Crippen LogP contribution in [0.15, 0.2) is 12.1 Å².